The highest BCUT2D eigenvalue weighted by atomic mass is 19.1. The third-order valence-electron chi connectivity index (χ3n) is 5.36. The molecule has 1 aromatic heterocycles. The Balaban J connectivity index is 1.39. The Bertz CT molecular complexity index is 1190. The number of carbonyl (C=O) groups excluding carboxylic acids is 1. The molecule has 1 aliphatic rings. The monoisotopic (exact) mass is 469 g/mol. The second-order valence-electron chi connectivity index (χ2n) is 7.91. The van der Waals surface area contributed by atoms with E-state index in [4.69, 9.17) is 4.74 Å². The first-order valence-electron chi connectivity index (χ1n) is 10.9. The number of urea groups is 1. The smallest absolute Gasteiger partial charge is 0.319 e. The highest BCUT2D eigenvalue weighted by Crippen LogP contribution is 2.19. The Labute approximate surface area is 195 Å². The fraction of sp³-hybridized carbons (Fsp3) is 0.292. The minimum atomic E-state index is -0.725. The van der Waals surface area contributed by atoms with Gasteiger partial charge >= 0.3 is 6.03 Å². The highest BCUT2D eigenvalue weighted by molar-refractivity contribution is 5.89. The average Bonchev–Trinajstić information content (AvgIpc) is 2.81. The molecule has 1 saturated heterocycles. The number of ether oxygens (including phenoxy) is 1. The van der Waals surface area contributed by atoms with E-state index >= 15 is 0 Å². The van der Waals surface area contributed by atoms with Crippen LogP contribution < -0.4 is 16.2 Å². The van der Waals surface area contributed by atoms with Gasteiger partial charge in [-0.2, -0.15) is 5.10 Å². The number of amides is 2. The Morgan fingerprint density at radius 1 is 1.03 bits per heavy atom. The first-order valence-corrected chi connectivity index (χ1v) is 10.9. The summed E-state index contributed by atoms with van der Waals surface area (Å²) in [6.07, 6.45) is 0. The van der Waals surface area contributed by atoms with Crippen LogP contribution >= 0.6 is 0 Å². The molecule has 10 heteroatoms. The second kappa shape index (κ2) is 11.0. The molecule has 0 atom stereocenters. The molecule has 8 nitrogen and oxygen atoms in total. The molecular formula is C24H25F2N5O3. The fourth-order valence-corrected chi connectivity index (χ4v) is 3.67. The van der Waals surface area contributed by atoms with E-state index in [1.807, 2.05) is 0 Å². The van der Waals surface area contributed by atoms with Gasteiger partial charge in [-0.25, -0.2) is 18.3 Å². The summed E-state index contributed by atoms with van der Waals surface area (Å²) in [7, 11) is 0. The molecule has 0 bridgehead atoms. The number of carbonyl (C=O) groups is 1. The maximum absolute atomic E-state index is 13.6. The Hall–Kier alpha value is -3.63. The zero-order valence-electron chi connectivity index (χ0n) is 18.5. The Kier molecular flexibility index (Phi) is 7.61. The van der Waals surface area contributed by atoms with Crippen molar-refractivity contribution in [1.82, 2.24) is 20.0 Å². The number of aromatic nitrogens is 2. The Morgan fingerprint density at radius 2 is 1.79 bits per heavy atom. The fourth-order valence-electron chi connectivity index (χ4n) is 3.67. The number of halogens is 2. The van der Waals surface area contributed by atoms with E-state index in [1.54, 1.807) is 24.3 Å². The summed E-state index contributed by atoms with van der Waals surface area (Å²) in [5, 5.41) is 9.87. The lowest BCUT2D eigenvalue weighted by molar-refractivity contribution is 0.0388. The van der Waals surface area contributed by atoms with Crippen LogP contribution in [0.5, 0.6) is 0 Å². The van der Waals surface area contributed by atoms with Crippen LogP contribution in [0.15, 0.2) is 59.4 Å². The second-order valence-corrected chi connectivity index (χ2v) is 7.91. The van der Waals surface area contributed by atoms with Crippen molar-refractivity contribution in [3.63, 3.8) is 0 Å². The largest absolute Gasteiger partial charge is 0.379 e. The summed E-state index contributed by atoms with van der Waals surface area (Å²) in [4.78, 5) is 26.8. The van der Waals surface area contributed by atoms with Gasteiger partial charge in [0, 0.05) is 49.6 Å². The molecule has 4 rings (SSSR count). The lowest BCUT2D eigenvalue weighted by atomic mass is 10.1. The minimum absolute atomic E-state index is 0.124. The van der Waals surface area contributed by atoms with Gasteiger partial charge in [-0.1, -0.05) is 12.1 Å². The number of rotatable bonds is 7. The summed E-state index contributed by atoms with van der Waals surface area (Å²) >= 11 is 0. The van der Waals surface area contributed by atoms with Gasteiger partial charge in [0.05, 0.1) is 25.5 Å². The number of nitrogens with zero attached hydrogens (tertiary/aromatic N) is 3. The molecule has 2 amide bonds. The molecule has 3 aromatic rings. The predicted octanol–water partition coefficient (Wildman–Crippen LogP) is 2.69. The predicted molar refractivity (Wildman–Crippen MR) is 124 cm³/mol. The van der Waals surface area contributed by atoms with E-state index in [0.717, 1.165) is 43.4 Å². The molecule has 0 aliphatic carbocycles. The van der Waals surface area contributed by atoms with Gasteiger partial charge in [-0.3, -0.25) is 9.69 Å². The summed E-state index contributed by atoms with van der Waals surface area (Å²) in [5.74, 6) is -1.45. The molecule has 0 saturated carbocycles. The maximum atomic E-state index is 13.6. The average molecular weight is 469 g/mol. The SMILES string of the molecule is O=C(NCCN1CCOCC1)Nc1cccc(Cn2nc(-c3cc(F)cc(F)c3)ccc2=O)c1. The number of hydrogen-bond donors (Lipinski definition) is 2. The van der Waals surface area contributed by atoms with E-state index in [0.29, 0.717) is 25.4 Å². The van der Waals surface area contributed by atoms with Crippen LogP contribution in [0.2, 0.25) is 0 Å². The summed E-state index contributed by atoms with van der Waals surface area (Å²) < 4.78 is 33.7. The molecule has 2 N–H and O–H groups in total. The molecule has 1 fully saturated rings. The number of morpholine rings is 1. The van der Waals surface area contributed by atoms with Gasteiger partial charge in [-0.05, 0) is 35.9 Å². The lowest BCUT2D eigenvalue weighted by Gasteiger charge is -2.26. The van der Waals surface area contributed by atoms with Crippen LogP contribution in [0.1, 0.15) is 5.56 Å². The maximum Gasteiger partial charge on any atom is 0.319 e. The summed E-state index contributed by atoms with van der Waals surface area (Å²) in [6, 6.07) is 12.5. The van der Waals surface area contributed by atoms with Crippen molar-refractivity contribution in [1.29, 1.82) is 0 Å². The Morgan fingerprint density at radius 3 is 2.56 bits per heavy atom. The quantitative estimate of drug-likeness (QED) is 0.556. The molecule has 178 valence electrons. The van der Waals surface area contributed by atoms with Crippen molar-refractivity contribution in [2.45, 2.75) is 6.54 Å². The number of hydrogen-bond acceptors (Lipinski definition) is 5. The summed E-state index contributed by atoms with van der Waals surface area (Å²) in [5.41, 5.74) is 1.43. The van der Waals surface area contributed by atoms with Crippen molar-refractivity contribution in [3.05, 3.63) is 82.1 Å². The first kappa shape index (κ1) is 23.5. The summed E-state index contributed by atoms with van der Waals surface area (Å²) in [6.45, 7) is 4.51. The van der Waals surface area contributed by atoms with Crippen LogP contribution in [0.25, 0.3) is 11.3 Å². The van der Waals surface area contributed by atoms with Gasteiger partial charge in [0.15, 0.2) is 0 Å². The molecule has 34 heavy (non-hydrogen) atoms. The molecule has 2 aromatic carbocycles. The normalized spacial score (nSPS) is 14.1. The van der Waals surface area contributed by atoms with Crippen LogP contribution in [0.3, 0.4) is 0 Å². The number of nitrogens with one attached hydrogen (secondary N) is 2. The zero-order valence-corrected chi connectivity index (χ0v) is 18.5. The van der Waals surface area contributed by atoms with Gasteiger partial charge in [0.2, 0.25) is 0 Å². The molecule has 0 spiro atoms. The van der Waals surface area contributed by atoms with Crippen LogP contribution in [0, 0.1) is 11.6 Å². The molecular weight excluding hydrogens is 444 g/mol. The van der Waals surface area contributed by atoms with E-state index in [-0.39, 0.29) is 29.4 Å². The van der Waals surface area contributed by atoms with E-state index in [2.05, 4.69) is 20.6 Å². The van der Waals surface area contributed by atoms with Crippen molar-refractivity contribution >= 4 is 11.7 Å². The van der Waals surface area contributed by atoms with Crippen molar-refractivity contribution in [2.75, 3.05) is 44.7 Å². The third kappa shape index (κ3) is 6.46. The highest BCUT2D eigenvalue weighted by Gasteiger charge is 2.11. The van der Waals surface area contributed by atoms with Crippen LogP contribution in [-0.4, -0.2) is 60.1 Å². The minimum Gasteiger partial charge on any atom is -0.379 e. The van der Waals surface area contributed by atoms with Crippen molar-refractivity contribution in [3.8, 4) is 11.3 Å². The van der Waals surface area contributed by atoms with E-state index in [9.17, 15) is 18.4 Å². The third-order valence-corrected chi connectivity index (χ3v) is 5.36. The van der Waals surface area contributed by atoms with E-state index in [1.165, 1.54) is 16.8 Å². The van der Waals surface area contributed by atoms with Gasteiger partial charge in [-0.15, -0.1) is 0 Å². The molecule has 1 aliphatic heterocycles. The van der Waals surface area contributed by atoms with Crippen molar-refractivity contribution < 1.29 is 18.3 Å². The van der Waals surface area contributed by atoms with Gasteiger partial charge in [0.25, 0.3) is 5.56 Å². The standard InChI is InChI=1S/C24H25F2N5O3/c25-19-13-18(14-20(26)15-19)22-4-5-23(32)31(29-22)16-17-2-1-3-21(12-17)28-24(33)27-6-7-30-8-10-34-11-9-30/h1-5,12-15H,6-11,16H2,(H2,27,28,33). The van der Waals surface area contributed by atoms with Gasteiger partial charge < -0.3 is 15.4 Å². The lowest BCUT2D eigenvalue weighted by Crippen LogP contribution is -2.42. The van der Waals surface area contributed by atoms with E-state index < -0.39 is 11.6 Å². The molecule has 2 heterocycles. The molecule has 0 unspecified atom stereocenters. The first-order chi connectivity index (χ1) is 16.5. The van der Waals surface area contributed by atoms with Crippen molar-refractivity contribution in [2.24, 2.45) is 0 Å². The number of benzene rings is 2. The zero-order chi connectivity index (χ0) is 23.9. The van der Waals surface area contributed by atoms with Crippen LogP contribution in [-0.2, 0) is 11.3 Å². The molecule has 0 radical (unpaired) electrons. The number of anilines is 1. The van der Waals surface area contributed by atoms with Crippen LogP contribution in [0.4, 0.5) is 19.3 Å². The topological polar surface area (TPSA) is 88.5 Å². The van der Waals surface area contributed by atoms with Gasteiger partial charge in [0.1, 0.15) is 11.6 Å².